The molecular weight excluding hydrogens is 482 g/mol. The Hall–Kier alpha value is -2.82. The van der Waals surface area contributed by atoms with Crippen LogP contribution in [-0.4, -0.2) is 47.3 Å². The van der Waals surface area contributed by atoms with Crippen LogP contribution >= 0.6 is 11.6 Å². The molecule has 0 bridgehead atoms. The van der Waals surface area contributed by atoms with E-state index in [0.717, 1.165) is 0 Å². The number of nitrogens with two attached hydrogens (primary N) is 1. The first-order valence-corrected chi connectivity index (χ1v) is 13.8. The number of nitrogen functional groups attached to an aromatic ring is 1. The number of anilines is 1. The van der Waals surface area contributed by atoms with Crippen LogP contribution < -0.4 is 16.1 Å². The molecular formula is C25H28ClN5O3Si. The van der Waals surface area contributed by atoms with Crippen LogP contribution in [0.4, 0.5) is 5.95 Å². The van der Waals surface area contributed by atoms with Crippen LogP contribution in [0.15, 0.2) is 67.0 Å². The maximum Gasteiger partial charge on any atom is 0.261 e. The van der Waals surface area contributed by atoms with Gasteiger partial charge in [0.05, 0.1) is 19.5 Å². The van der Waals surface area contributed by atoms with Crippen molar-refractivity contribution in [2.24, 2.45) is 0 Å². The Labute approximate surface area is 210 Å². The van der Waals surface area contributed by atoms with Crippen molar-refractivity contribution in [2.45, 2.75) is 38.3 Å². The van der Waals surface area contributed by atoms with Crippen molar-refractivity contribution >= 4 is 47.4 Å². The molecule has 1 saturated heterocycles. The molecule has 4 aromatic rings. The summed E-state index contributed by atoms with van der Waals surface area (Å²) >= 11 is 6.18. The number of fused-ring (bicyclic) bond motifs is 1. The topological polar surface area (TPSA) is 97.3 Å². The third kappa shape index (κ3) is 4.34. The van der Waals surface area contributed by atoms with Crippen molar-refractivity contribution in [1.82, 2.24) is 19.5 Å². The SMILES string of the molecule is CC(C)(C)[Si](OCC1OCC(n2cnc3c(Cl)nc(N)nc32)O1)(c1ccccc1)c1ccccc1. The van der Waals surface area contributed by atoms with E-state index in [1.807, 2.05) is 12.1 Å². The molecule has 2 unspecified atom stereocenters. The molecule has 0 spiro atoms. The molecule has 182 valence electrons. The first-order valence-electron chi connectivity index (χ1n) is 11.5. The molecule has 35 heavy (non-hydrogen) atoms. The molecule has 0 aliphatic carbocycles. The minimum Gasteiger partial charge on any atom is -0.402 e. The standard InChI is InChI=1S/C25H28ClN5O3Si/c1-25(2,3)35(17-10-6-4-7-11-17,18-12-8-5-9-13-18)33-15-20-32-14-19(34-20)31-16-28-21-22(26)29-24(27)30-23(21)31/h4-13,16,19-20H,14-15H2,1-3H3,(H2,27,29,30). The Morgan fingerprint density at radius 3 is 2.29 bits per heavy atom. The molecule has 5 rings (SSSR count). The van der Waals surface area contributed by atoms with Crippen LogP contribution in [0.2, 0.25) is 10.2 Å². The Morgan fingerprint density at radius 1 is 1.06 bits per heavy atom. The van der Waals surface area contributed by atoms with E-state index in [4.69, 9.17) is 31.2 Å². The monoisotopic (exact) mass is 509 g/mol. The largest absolute Gasteiger partial charge is 0.402 e. The number of benzene rings is 2. The summed E-state index contributed by atoms with van der Waals surface area (Å²) in [7, 11) is -2.70. The zero-order valence-electron chi connectivity index (χ0n) is 19.9. The first kappa shape index (κ1) is 23.9. The lowest BCUT2D eigenvalue weighted by Crippen LogP contribution is -2.67. The predicted molar refractivity (Wildman–Crippen MR) is 138 cm³/mol. The van der Waals surface area contributed by atoms with Crippen molar-refractivity contribution in [3.8, 4) is 0 Å². The van der Waals surface area contributed by atoms with Crippen molar-refractivity contribution in [2.75, 3.05) is 18.9 Å². The van der Waals surface area contributed by atoms with Gasteiger partial charge in [-0.3, -0.25) is 4.57 Å². The summed E-state index contributed by atoms with van der Waals surface area (Å²) in [6.45, 7) is 7.33. The Balaban J connectivity index is 1.42. The minimum atomic E-state index is -2.70. The predicted octanol–water partition coefficient (Wildman–Crippen LogP) is 3.51. The highest BCUT2D eigenvalue weighted by atomic mass is 35.5. The summed E-state index contributed by atoms with van der Waals surface area (Å²) < 4.78 is 20.9. The van der Waals surface area contributed by atoms with Gasteiger partial charge in [-0.2, -0.15) is 9.97 Å². The van der Waals surface area contributed by atoms with Crippen molar-refractivity contribution in [1.29, 1.82) is 0 Å². The highest BCUT2D eigenvalue weighted by Crippen LogP contribution is 2.37. The van der Waals surface area contributed by atoms with Crippen LogP contribution in [0.3, 0.4) is 0 Å². The summed E-state index contributed by atoms with van der Waals surface area (Å²) in [6.07, 6.45) is 0.635. The van der Waals surface area contributed by atoms with Gasteiger partial charge in [0.1, 0.15) is 5.52 Å². The second kappa shape index (κ2) is 9.33. The van der Waals surface area contributed by atoms with Crippen LogP contribution in [0.1, 0.15) is 27.0 Å². The fourth-order valence-corrected chi connectivity index (χ4v) is 9.50. The maximum absolute atomic E-state index is 6.94. The van der Waals surface area contributed by atoms with E-state index >= 15 is 0 Å². The van der Waals surface area contributed by atoms with Crippen molar-refractivity contribution in [3.05, 3.63) is 72.1 Å². The number of rotatable bonds is 6. The van der Waals surface area contributed by atoms with E-state index in [1.54, 1.807) is 10.9 Å². The minimum absolute atomic E-state index is 0.0785. The third-order valence-corrected chi connectivity index (χ3v) is 11.6. The smallest absolute Gasteiger partial charge is 0.261 e. The van der Waals surface area contributed by atoms with Gasteiger partial charge >= 0.3 is 0 Å². The van der Waals surface area contributed by atoms with Crippen LogP contribution in [0, 0.1) is 0 Å². The molecule has 0 saturated carbocycles. The van der Waals surface area contributed by atoms with Gasteiger partial charge in [-0.1, -0.05) is 93.0 Å². The van der Waals surface area contributed by atoms with E-state index < -0.39 is 20.8 Å². The zero-order valence-corrected chi connectivity index (χ0v) is 21.6. The molecule has 1 fully saturated rings. The number of ether oxygens (including phenoxy) is 2. The summed E-state index contributed by atoms with van der Waals surface area (Å²) in [6, 6.07) is 21.0. The average molecular weight is 510 g/mol. The first-order chi connectivity index (χ1) is 16.8. The molecule has 3 heterocycles. The van der Waals surface area contributed by atoms with E-state index in [9.17, 15) is 0 Å². The van der Waals surface area contributed by atoms with Crippen molar-refractivity contribution < 1.29 is 13.9 Å². The quantitative estimate of drug-likeness (QED) is 0.314. The average Bonchev–Trinajstić information content (AvgIpc) is 3.47. The lowest BCUT2D eigenvalue weighted by molar-refractivity contribution is -0.0943. The van der Waals surface area contributed by atoms with Crippen LogP contribution in [0.5, 0.6) is 0 Å². The van der Waals surface area contributed by atoms with Crippen LogP contribution in [-0.2, 0) is 13.9 Å². The van der Waals surface area contributed by atoms with E-state index in [2.05, 4.69) is 84.3 Å². The number of hydrogen-bond acceptors (Lipinski definition) is 7. The number of imidazole rings is 1. The lowest BCUT2D eigenvalue weighted by Gasteiger charge is -2.43. The second-order valence-corrected chi connectivity index (χ2v) is 14.2. The fraction of sp³-hybridized carbons (Fsp3) is 0.320. The number of nitrogens with zero attached hydrogens (tertiary/aromatic N) is 4. The summed E-state index contributed by atoms with van der Waals surface area (Å²) in [5.41, 5.74) is 6.76. The molecule has 1 aliphatic heterocycles. The molecule has 2 aromatic heterocycles. The van der Waals surface area contributed by atoms with Gasteiger partial charge in [-0.05, 0) is 15.4 Å². The van der Waals surface area contributed by atoms with Gasteiger partial charge in [0, 0.05) is 0 Å². The lowest BCUT2D eigenvalue weighted by atomic mass is 10.2. The van der Waals surface area contributed by atoms with Gasteiger partial charge in [-0.25, -0.2) is 4.98 Å². The highest BCUT2D eigenvalue weighted by Gasteiger charge is 2.50. The van der Waals surface area contributed by atoms with Gasteiger partial charge in [0.15, 0.2) is 23.3 Å². The summed E-state index contributed by atoms with van der Waals surface area (Å²) in [4.78, 5) is 12.6. The highest BCUT2D eigenvalue weighted by molar-refractivity contribution is 6.99. The Morgan fingerprint density at radius 2 is 1.69 bits per heavy atom. The van der Waals surface area contributed by atoms with Crippen molar-refractivity contribution in [3.63, 3.8) is 0 Å². The van der Waals surface area contributed by atoms with E-state index in [-0.39, 0.29) is 22.7 Å². The maximum atomic E-state index is 6.94. The molecule has 0 amide bonds. The normalized spacial score (nSPS) is 18.9. The molecule has 2 atom stereocenters. The molecule has 10 heteroatoms. The Kier molecular flexibility index (Phi) is 6.37. The molecule has 2 aromatic carbocycles. The second-order valence-electron chi connectivity index (χ2n) is 9.52. The summed E-state index contributed by atoms with van der Waals surface area (Å²) in [5.74, 6) is 0.0785. The Bertz CT molecular complexity index is 1270. The van der Waals surface area contributed by atoms with Gasteiger partial charge in [-0.15, -0.1) is 0 Å². The van der Waals surface area contributed by atoms with E-state index in [0.29, 0.717) is 17.8 Å². The van der Waals surface area contributed by atoms with Gasteiger partial charge in [0.2, 0.25) is 5.95 Å². The molecule has 1 aliphatic rings. The fourth-order valence-electron chi connectivity index (χ4n) is 4.74. The number of aromatic nitrogens is 4. The molecule has 8 nitrogen and oxygen atoms in total. The molecule has 2 N–H and O–H groups in total. The van der Waals surface area contributed by atoms with Crippen LogP contribution in [0.25, 0.3) is 11.2 Å². The summed E-state index contributed by atoms with van der Waals surface area (Å²) in [5, 5.41) is 2.47. The zero-order chi connectivity index (χ0) is 24.6. The molecule has 0 radical (unpaired) electrons. The van der Waals surface area contributed by atoms with Gasteiger partial charge in [0.25, 0.3) is 8.32 Å². The number of hydrogen-bond donors (Lipinski definition) is 1. The number of halogens is 1. The van der Waals surface area contributed by atoms with E-state index in [1.165, 1.54) is 10.4 Å². The van der Waals surface area contributed by atoms with Gasteiger partial charge < -0.3 is 19.6 Å². The third-order valence-electron chi connectivity index (χ3n) is 6.29.